The number of fused-ring (bicyclic) bond motifs is 1. The quantitative estimate of drug-likeness (QED) is 0.541. The van der Waals surface area contributed by atoms with Gasteiger partial charge in [0.25, 0.3) is 0 Å². The molecule has 0 saturated heterocycles. The van der Waals surface area contributed by atoms with E-state index in [2.05, 4.69) is 25.6 Å². The SMILES string of the molecule is COC(OC)c1ccc2c(Nc3cccc(Br)c3Cl)nsc2c1. The van der Waals surface area contributed by atoms with Crippen molar-refractivity contribution in [3.05, 3.63) is 51.5 Å². The fraction of sp³-hybridized carbons (Fsp3) is 0.188. The van der Waals surface area contributed by atoms with E-state index in [9.17, 15) is 0 Å². The first-order chi connectivity index (χ1) is 11.1. The molecule has 1 N–H and O–H groups in total. The molecule has 0 radical (unpaired) electrons. The summed E-state index contributed by atoms with van der Waals surface area (Å²) in [6.07, 6.45) is -0.377. The molecule has 1 aromatic heterocycles. The van der Waals surface area contributed by atoms with Crippen LogP contribution in [-0.2, 0) is 9.47 Å². The lowest BCUT2D eigenvalue weighted by Gasteiger charge is -2.13. The summed E-state index contributed by atoms with van der Waals surface area (Å²) in [5, 5.41) is 4.94. The second kappa shape index (κ2) is 7.15. The minimum Gasteiger partial charge on any atom is -0.352 e. The first kappa shape index (κ1) is 16.7. The highest BCUT2D eigenvalue weighted by molar-refractivity contribution is 9.10. The highest BCUT2D eigenvalue weighted by atomic mass is 79.9. The molecule has 120 valence electrons. The monoisotopic (exact) mass is 412 g/mol. The molecule has 0 aliphatic rings. The second-order valence-corrected chi connectivity index (χ2v) is 6.85. The number of hydrogen-bond acceptors (Lipinski definition) is 5. The molecule has 2 aromatic carbocycles. The average molecular weight is 414 g/mol. The zero-order valence-corrected chi connectivity index (χ0v) is 15.6. The van der Waals surface area contributed by atoms with E-state index in [1.807, 2.05) is 36.4 Å². The maximum atomic E-state index is 6.30. The number of ether oxygens (including phenoxy) is 2. The van der Waals surface area contributed by atoms with Crippen molar-refractivity contribution in [3.63, 3.8) is 0 Å². The van der Waals surface area contributed by atoms with Crippen molar-refractivity contribution >= 4 is 60.7 Å². The van der Waals surface area contributed by atoms with E-state index in [-0.39, 0.29) is 6.29 Å². The van der Waals surface area contributed by atoms with Gasteiger partial charge >= 0.3 is 0 Å². The van der Waals surface area contributed by atoms with E-state index in [0.29, 0.717) is 5.02 Å². The number of benzene rings is 2. The number of methoxy groups -OCH3 is 2. The second-order valence-electron chi connectivity index (χ2n) is 4.82. The fourth-order valence-corrected chi connectivity index (χ4v) is 3.61. The van der Waals surface area contributed by atoms with Crippen molar-refractivity contribution in [2.24, 2.45) is 0 Å². The Hall–Kier alpha value is -1.18. The Balaban J connectivity index is 1.95. The van der Waals surface area contributed by atoms with Gasteiger partial charge in [0.05, 0.1) is 15.4 Å². The van der Waals surface area contributed by atoms with Gasteiger partial charge in [0.1, 0.15) is 0 Å². The van der Waals surface area contributed by atoms with Crippen LogP contribution in [0.3, 0.4) is 0 Å². The zero-order chi connectivity index (χ0) is 16.4. The molecule has 0 unspecified atom stereocenters. The lowest BCUT2D eigenvalue weighted by atomic mass is 10.1. The van der Waals surface area contributed by atoms with Crippen molar-refractivity contribution in [1.82, 2.24) is 4.37 Å². The molecule has 0 aliphatic carbocycles. The van der Waals surface area contributed by atoms with E-state index in [0.717, 1.165) is 31.6 Å². The maximum Gasteiger partial charge on any atom is 0.183 e. The Kier molecular flexibility index (Phi) is 5.18. The van der Waals surface area contributed by atoms with Gasteiger partial charge in [-0.1, -0.05) is 23.7 Å². The third-order valence-electron chi connectivity index (χ3n) is 3.40. The Bertz CT molecular complexity index is 836. The van der Waals surface area contributed by atoms with Gasteiger partial charge in [0.2, 0.25) is 0 Å². The number of hydrogen-bond donors (Lipinski definition) is 1. The molecule has 0 atom stereocenters. The topological polar surface area (TPSA) is 43.4 Å². The standard InChI is InChI=1S/C16H14BrClN2O2S/c1-21-16(22-2)9-6-7-10-13(8-9)23-20-15(10)19-12-5-3-4-11(17)14(12)18/h3-8,16H,1-2H3,(H,19,20). The fourth-order valence-electron chi connectivity index (χ4n) is 2.29. The van der Waals surface area contributed by atoms with Crippen LogP contribution < -0.4 is 5.32 Å². The summed E-state index contributed by atoms with van der Waals surface area (Å²) in [6.45, 7) is 0. The molecule has 0 fully saturated rings. The van der Waals surface area contributed by atoms with Gasteiger partial charge in [-0.15, -0.1) is 0 Å². The first-order valence-electron chi connectivity index (χ1n) is 6.80. The molecule has 1 heterocycles. The van der Waals surface area contributed by atoms with Gasteiger partial charge in [0.15, 0.2) is 12.1 Å². The van der Waals surface area contributed by atoms with E-state index in [1.165, 1.54) is 11.5 Å². The summed E-state index contributed by atoms with van der Waals surface area (Å²) < 4.78 is 17.0. The predicted octanol–water partition coefficient (Wildman–Crippen LogP) is 5.75. The summed E-state index contributed by atoms with van der Waals surface area (Å²) >= 11 is 11.1. The minimum atomic E-state index is -0.377. The third kappa shape index (κ3) is 3.36. The average Bonchev–Trinajstić information content (AvgIpc) is 2.95. The number of aromatic nitrogens is 1. The molecule has 0 amide bonds. The lowest BCUT2D eigenvalue weighted by molar-refractivity contribution is -0.105. The molecule has 0 saturated carbocycles. The van der Waals surface area contributed by atoms with Crippen LogP contribution in [0, 0.1) is 0 Å². The Labute approximate surface area is 151 Å². The summed E-state index contributed by atoms with van der Waals surface area (Å²) in [7, 11) is 3.24. The number of nitrogens with zero attached hydrogens (tertiary/aromatic N) is 1. The Morgan fingerprint density at radius 2 is 2.00 bits per heavy atom. The van der Waals surface area contributed by atoms with Gasteiger partial charge in [-0.3, -0.25) is 0 Å². The molecule has 7 heteroatoms. The van der Waals surface area contributed by atoms with Crippen LogP contribution in [0.25, 0.3) is 10.1 Å². The van der Waals surface area contributed by atoms with Gasteiger partial charge < -0.3 is 14.8 Å². The largest absolute Gasteiger partial charge is 0.352 e. The Morgan fingerprint density at radius 1 is 1.22 bits per heavy atom. The zero-order valence-electron chi connectivity index (χ0n) is 12.5. The van der Waals surface area contributed by atoms with E-state index >= 15 is 0 Å². The maximum absolute atomic E-state index is 6.30. The first-order valence-corrected chi connectivity index (χ1v) is 8.74. The van der Waals surface area contributed by atoms with Crippen molar-refractivity contribution in [2.75, 3.05) is 19.5 Å². The third-order valence-corrected chi connectivity index (χ3v) is 5.51. The number of rotatable bonds is 5. The van der Waals surface area contributed by atoms with Crippen LogP contribution in [0.5, 0.6) is 0 Å². The summed E-state index contributed by atoms with van der Waals surface area (Å²) in [4.78, 5) is 0. The normalized spacial score (nSPS) is 11.3. The predicted molar refractivity (Wildman–Crippen MR) is 98.8 cm³/mol. The van der Waals surface area contributed by atoms with Crippen LogP contribution in [0.15, 0.2) is 40.9 Å². The van der Waals surface area contributed by atoms with Crippen LogP contribution >= 0.6 is 39.1 Å². The van der Waals surface area contributed by atoms with Gasteiger partial charge in [-0.05, 0) is 51.7 Å². The summed E-state index contributed by atoms with van der Waals surface area (Å²) in [5.41, 5.74) is 1.77. The van der Waals surface area contributed by atoms with Gasteiger partial charge in [-0.2, -0.15) is 4.37 Å². The van der Waals surface area contributed by atoms with Crippen LogP contribution in [0.1, 0.15) is 11.9 Å². The number of anilines is 2. The smallest absolute Gasteiger partial charge is 0.183 e. The van der Waals surface area contributed by atoms with Crippen LogP contribution in [0.2, 0.25) is 5.02 Å². The van der Waals surface area contributed by atoms with E-state index in [1.54, 1.807) is 14.2 Å². The minimum absolute atomic E-state index is 0.377. The van der Waals surface area contributed by atoms with Gasteiger partial charge in [-0.25, -0.2) is 0 Å². The van der Waals surface area contributed by atoms with Crippen molar-refractivity contribution in [2.45, 2.75) is 6.29 Å². The Morgan fingerprint density at radius 3 is 2.74 bits per heavy atom. The van der Waals surface area contributed by atoms with E-state index < -0.39 is 0 Å². The molecule has 0 aliphatic heterocycles. The van der Waals surface area contributed by atoms with Crippen molar-refractivity contribution < 1.29 is 9.47 Å². The molecule has 0 bridgehead atoms. The molecule has 0 spiro atoms. The molecular weight excluding hydrogens is 400 g/mol. The highest BCUT2D eigenvalue weighted by Crippen LogP contribution is 2.36. The van der Waals surface area contributed by atoms with Crippen LogP contribution in [-0.4, -0.2) is 18.6 Å². The highest BCUT2D eigenvalue weighted by Gasteiger charge is 2.13. The molecule has 3 aromatic rings. The lowest BCUT2D eigenvalue weighted by Crippen LogP contribution is -2.02. The summed E-state index contributed by atoms with van der Waals surface area (Å²) in [5.74, 6) is 0.780. The molecular formula is C16H14BrClN2O2S. The van der Waals surface area contributed by atoms with E-state index in [4.69, 9.17) is 21.1 Å². The number of halogens is 2. The summed E-state index contributed by atoms with van der Waals surface area (Å²) in [6, 6.07) is 11.7. The van der Waals surface area contributed by atoms with Crippen LogP contribution in [0.4, 0.5) is 11.5 Å². The van der Waals surface area contributed by atoms with Gasteiger partial charge in [0, 0.05) is 29.6 Å². The molecule has 3 rings (SSSR count). The number of nitrogens with one attached hydrogen (secondary N) is 1. The molecule has 23 heavy (non-hydrogen) atoms. The van der Waals surface area contributed by atoms with Crippen molar-refractivity contribution in [3.8, 4) is 0 Å². The molecule has 4 nitrogen and oxygen atoms in total. The van der Waals surface area contributed by atoms with Crippen molar-refractivity contribution in [1.29, 1.82) is 0 Å².